The lowest BCUT2D eigenvalue weighted by Gasteiger charge is -2.37. The van der Waals surface area contributed by atoms with E-state index in [2.05, 4.69) is 13.8 Å². The highest BCUT2D eigenvalue weighted by Gasteiger charge is 2.37. The van der Waals surface area contributed by atoms with Crippen LogP contribution in [0.2, 0.25) is 5.02 Å². The monoisotopic (exact) mass is 323 g/mol. The third-order valence-corrected chi connectivity index (χ3v) is 5.15. The molecule has 0 unspecified atom stereocenters. The maximum atomic E-state index is 6.81. The van der Waals surface area contributed by atoms with Crippen LogP contribution in [0, 0.1) is 0 Å². The lowest BCUT2D eigenvalue weighted by Crippen LogP contribution is -2.40. The number of benzene rings is 1. The minimum atomic E-state index is -0.334. The van der Waals surface area contributed by atoms with E-state index < -0.39 is 0 Å². The third-order valence-electron chi connectivity index (χ3n) is 4.85. The minimum Gasteiger partial charge on any atom is -0.489 e. The van der Waals surface area contributed by atoms with Crippen LogP contribution in [0.4, 0.5) is 0 Å². The van der Waals surface area contributed by atoms with Gasteiger partial charge in [-0.2, -0.15) is 0 Å². The van der Waals surface area contributed by atoms with Gasteiger partial charge in [-0.1, -0.05) is 44.7 Å². The van der Waals surface area contributed by atoms with Crippen LogP contribution >= 0.6 is 11.6 Å². The fraction of sp³-hybridized carbons (Fsp3) is 0.667. The summed E-state index contributed by atoms with van der Waals surface area (Å²) in [6.07, 6.45) is 6.47. The number of halogens is 1. The molecule has 1 aliphatic heterocycles. The molecule has 0 spiro atoms. The summed E-state index contributed by atoms with van der Waals surface area (Å²) in [5, 5.41) is 0.734. The van der Waals surface area contributed by atoms with Gasteiger partial charge in [0.25, 0.3) is 0 Å². The summed E-state index contributed by atoms with van der Waals surface area (Å²) in [5.41, 5.74) is 8.72. The fourth-order valence-corrected chi connectivity index (χ4v) is 4.18. The van der Waals surface area contributed by atoms with Crippen LogP contribution in [0.25, 0.3) is 0 Å². The first-order valence-electron chi connectivity index (χ1n) is 8.44. The normalized spacial score (nSPS) is 20.8. The second-order valence-electron chi connectivity index (χ2n) is 6.90. The molecule has 1 aromatic rings. The Morgan fingerprint density at radius 1 is 1.09 bits per heavy atom. The average molecular weight is 324 g/mol. The van der Waals surface area contributed by atoms with Gasteiger partial charge >= 0.3 is 0 Å². The van der Waals surface area contributed by atoms with Gasteiger partial charge in [-0.3, -0.25) is 0 Å². The molecule has 0 saturated heterocycles. The first-order chi connectivity index (χ1) is 10.5. The van der Waals surface area contributed by atoms with Gasteiger partial charge in [-0.25, -0.2) is 0 Å². The number of hydrogen-bond donors (Lipinski definition) is 1. The van der Waals surface area contributed by atoms with Crippen LogP contribution in [0.15, 0.2) is 6.07 Å². The van der Waals surface area contributed by atoms with Crippen molar-refractivity contribution in [3.8, 4) is 11.5 Å². The van der Waals surface area contributed by atoms with Crippen molar-refractivity contribution < 1.29 is 9.47 Å². The Balaban J connectivity index is 2.18. The molecule has 0 aromatic heterocycles. The van der Waals surface area contributed by atoms with Crippen molar-refractivity contribution in [2.45, 2.75) is 63.8 Å². The number of nitrogens with two attached hydrogens (primary N) is 1. The molecule has 0 amide bonds. The molecule has 1 heterocycles. The maximum absolute atomic E-state index is 6.81. The highest BCUT2D eigenvalue weighted by Crippen LogP contribution is 2.49. The van der Waals surface area contributed by atoms with Crippen molar-refractivity contribution in [2.75, 3.05) is 13.2 Å². The van der Waals surface area contributed by atoms with Gasteiger partial charge < -0.3 is 15.2 Å². The molecule has 22 heavy (non-hydrogen) atoms. The van der Waals surface area contributed by atoms with E-state index in [1.54, 1.807) is 0 Å². The van der Waals surface area contributed by atoms with E-state index in [0.29, 0.717) is 19.1 Å². The topological polar surface area (TPSA) is 44.5 Å². The fourth-order valence-electron chi connectivity index (χ4n) is 3.79. The number of rotatable bonds is 2. The van der Waals surface area contributed by atoms with Gasteiger partial charge in [0.1, 0.15) is 0 Å². The number of fused-ring (bicyclic) bond motifs is 1. The van der Waals surface area contributed by atoms with E-state index in [4.69, 9.17) is 26.8 Å². The van der Waals surface area contributed by atoms with Gasteiger partial charge in [0, 0.05) is 28.6 Å². The van der Waals surface area contributed by atoms with Crippen molar-refractivity contribution >= 4 is 11.6 Å². The van der Waals surface area contributed by atoms with Crippen molar-refractivity contribution in [3.63, 3.8) is 0 Å². The van der Waals surface area contributed by atoms with Crippen molar-refractivity contribution in [1.29, 1.82) is 0 Å². The van der Waals surface area contributed by atoms with Gasteiger partial charge in [-0.05, 0) is 24.3 Å². The quantitative estimate of drug-likeness (QED) is 0.854. The SMILES string of the molecule is CC(C)c1c2c(cc(Cl)c1C1(N)CCCCC1)OCCCO2. The van der Waals surface area contributed by atoms with Gasteiger partial charge in [0.05, 0.1) is 13.2 Å². The molecule has 0 atom stereocenters. The highest BCUT2D eigenvalue weighted by molar-refractivity contribution is 6.31. The Morgan fingerprint density at radius 3 is 2.45 bits per heavy atom. The van der Waals surface area contributed by atoms with E-state index in [1.807, 2.05) is 6.07 Å². The van der Waals surface area contributed by atoms with Crippen LogP contribution in [-0.2, 0) is 5.54 Å². The average Bonchev–Trinajstić information content (AvgIpc) is 2.71. The molecule has 1 saturated carbocycles. The maximum Gasteiger partial charge on any atom is 0.165 e. The molecule has 1 aliphatic carbocycles. The smallest absolute Gasteiger partial charge is 0.165 e. The molecule has 4 heteroatoms. The molecule has 3 nitrogen and oxygen atoms in total. The summed E-state index contributed by atoms with van der Waals surface area (Å²) in [6, 6.07) is 1.91. The zero-order valence-electron chi connectivity index (χ0n) is 13.6. The summed E-state index contributed by atoms with van der Waals surface area (Å²) in [5.74, 6) is 1.93. The second kappa shape index (κ2) is 6.29. The van der Waals surface area contributed by atoms with E-state index in [0.717, 1.165) is 46.9 Å². The molecule has 0 bridgehead atoms. The summed E-state index contributed by atoms with van der Waals surface area (Å²) < 4.78 is 11.9. The van der Waals surface area contributed by atoms with Crippen LogP contribution in [0.5, 0.6) is 11.5 Å². The largest absolute Gasteiger partial charge is 0.489 e. The molecule has 1 aromatic carbocycles. The lowest BCUT2D eigenvalue weighted by molar-refractivity contribution is 0.289. The second-order valence-corrected chi connectivity index (χ2v) is 7.30. The third kappa shape index (κ3) is 2.81. The van der Waals surface area contributed by atoms with Crippen molar-refractivity contribution in [1.82, 2.24) is 0 Å². The van der Waals surface area contributed by atoms with Gasteiger partial charge in [0.15, 0.2) is 11.5 Å². The summed E-state index contributed by atoms with van der Waals surface area (Å²) in [7, 11) is 0. The first kappa shape index (κ1) is 15.9. The molecular weight excluding hydrogens is 298 g/mol. The predicted octanol–water partition coefficient (Wildman–Crippen LogP) is 4.74. The van der Waals surface area contributed by atoms with E-state index in [1.165, 1.54) is 19.3 Å². The highest BCUT2D eigenvalue weighted by atomic mass is 35.5. The number of hydrogen-bond acceptors (Lipinski definition) is 3. The molecule has 2 N–H and O–H groups in total. The summed E-state index contributed by atoms with van der Waals surface area (Å²) >= 11 is 6.67. The molecule has 3 rings (SSSR count). The Hall–Kier alpha value is -0.930. The molecular formula is C18H26ClNO2. The molecule has 0 radical (unpaired) electrons. The lowest BCUT2D eigenvalue weighted by atomic mass is 9.74. The van der Waals surface area contributed by atoms with Crippen LogP contribution in [0.3, 0.4) is 0 Å². The molecule has 122 valence electrons. The van der Waals surface area contributed by atoms with E-state index >= 15 is 0 Å². The van der Waals surface area contributed by atoms with Crippen LogP contribution in [-0.4, -0.2) is 13.2 Å². The van der Waals surface area contributed by atoms with Crippen LogP contribution in [0.1, 0.15) is 69.4 Å². The molecule has 1 fully saturated rings. The molecule has 2 aliphatic rings. The zero-order chi connectivity index (χ0) is 15.7. The Bertz CT molecular complexity index is 551. The first-order valence-corrected chi connectivity index (χ1v) is 8.82. The van der Waals surface area contributed by atoms with Crippen LogP contribution < -0.4 is 15.2 Å². The summed E-state index contributed by atoms with van der Waals surface area (Å²) in [6.45, 7) is 5.71. The summed E-state index contributed by atoms with van der Waals surface area (Å²) in [4.78, 5) is 0. The Labute approximate surface area is 138 Å². The Kier molecular flexibility index (Phi) is 4.56. The predicted molar refractivity (Wildman–Crippen MR) is 90.1 cm³/mol. The van der Waals surface area contributed by atoms with Crippen molar-refractivity contribution in [2.24, 2.45) is 5.73 Å². The van der Waals surface area contributed by atoms with Crippen molar-refractivity contribution in [3.05, 3.63) is 22.2 Å². The van der Waals surface area contributed by atoms with Gasteiger partial charge in [-0.15, -0.1) is 0 Å². The standard InChI is InChI=1S/C18H26ClNO2/c1-12(2)15-16(18(20)7-4-3-5-8-18)13(19)11-14-17(15)22-10-6-9-21-14/h11-12H,3-10,20H2,1-2H3. The minimum absolute atomic E-state index is 0.298. The Morgan fingerprint density at radius 2 is 1.77 bits per heavy atom. The van der Waals surface area contributed by atoms with E-state index in [9.17, 15) is 0 Å². The zero-order valence-corrected chi connectivity index (χ0v) is 14.3. The number of ether oxygens (including phenoxy) is 2. The van der Waals surface area contributed by atoms with Gasteiger partial charge in [0.2, 0.25) is 0 Å². The van der Waals surface area contributed by atoms with E-state index in [-0.39, 0.29) is 5.54 Å².